The van der Waals surface area contributed by atoms with E-state index in [9.17, 15) is 18.0 Å². The van der Waals surface area contributed by atoms with Crippen LogP contribution in [0.25, 0.3) is 0 Å². The summed E-state index contributed by atoms with van der Waals surface area (Å²) in [6, 6.07) is 8.13. The summed E-state index contributed by atoms with van der Waals surface area (Å²) < 4.78 is 36.7. The first-order chi connectivity index (χ1) is 11.5. The lowest BCUT2D eigenvalue weighted by Gasteiger charge is -2.30. The van der Waals surface area contributed by atoms with Crippen molar-refractivity contribution in [2.24, 2.45) is 23.7 Å². The molecular formula is C17H18O6S. The number of carbonyl (C=O) groups is 2. The number of sulfone groups is 1. The highest BCUT2D eigenvalue weighted by molar-refractivity contribution is 7.92. The molecule has 1 aromatic rings. The predicted molar refractivity (Wildman–Crippen MR) is 82.5 cm³/mol. The fourth-order valence-corrected chi connectivity index (χ4v) is 6.93. The topological polar surface area (TPSA) is 86.7 Å². The number of hydrogen-bond acceptors (Lipinski definition) is 6. The average molecular weight is 350 g/mol. The highest BCUT2D eigenvalue weighted by Gasteiger charge is 2.71. The lowest BCUT2D eigenvalue weighted by Crippen LogP contribution is -2.45. The van der Waals surface area contributed by atoms with Crippen LogP contribution in [0.15, 0.2) is 35.2 Å². The molecule has 2 bridgehead atoms. The molecule has 1 aromatic carbocycles. The van der Waals surface area contributed by atoms with Gasteiger partial charge < -0.3 is 9.47 Å². The molecule has 0 unspecified atom stereocenters. The van der Waals surface area contributed by atoms with Crippen LogP contribution >= 0.6 is 0 Å². The Labute approximate surface area is 140 Å². The van der Waals surface area contributed by atoms with Crippen LogP contribution in [0.1, 0.15) is 13.3 Å². The van der Waals surface area contributed by atoms with Gasteiger partial charge in [-0.25, -0.2) is 8.42 Å². The third-order valence-electron chi connectivity index (χ3n) is 5.53. The van der Waals surface area contributed by atoms with Crippen molar-refractivity contribution in [3.63, 3.8) is 0 Å². The predicted octanol–water partition coefficient (Wildman–Crippen LogP) is 1.20. The summed E-state index contributed by atoms with van der Waals surface area (Å²) in [6.45, 7) is 1.90. The summed E-state index contributed by atoms with van der Waals surface area (Å²) in [5.41, 5.74) is 0. The monoisotopic (exact) mass is 350 g/mol. The van der Waals surface area contributed by atoms with Crippen molar-refractivity contribution in [2.75, 3.05) is 6.61 Å². The van der Waals surface area contributed by atoms with Gasteiger partial charge in [0.05, 0.1) is 23.3 Å². The molecule has 128 valence electrons. The third-order valence-corrected chi connectivity index (χ3v) is 7.80. The van der Waals surface area contributed by atoms with Gasteiger partial charge in [0.15, 0.2) is 9.84 Å². The number of carbonyl (C=O) groups excluding carboxylic acids is 2. The number of esters is 2. The summed E-state index contributed by atoms with van der Waals surface area (Å²) in [5.74, 6) is -2.86. The van der Waals surface area contributed by atoms with E-state index in [1.165, 1.54) is 12.1 Å². The van der Waals surface area contributed by atoms with Crippen molar-refractivity contribution >= 4 is 21.8 Å². The summed E-state index contributed by atoms with van der Waals surface area (Å²) in [6.07, 6.45) is -0.134. The zero-order valence-electron chi connectivity index (χ0n) is 13.1. The zero-order chi connectivity index (χ0) is 17.1. The SMILES string of the molecule is CCOC(=O)[C@@H]1[C@H]2C[C@H]3[C@H](OC(=O)[C@H]31)[C@H]2S(=O)(=O)c1ccccc1. The van der Waals surface area contributed by atoms with Crippen LogP contribution < -0.4 is 0 Å². The fraction of sp³-hybridized carbons (Fsp3) is 0.529. The van der Waals surface area contributed by atoms with E-state index in [4.69, 9.17) is 9.47 Å². The van der Waals surface area contributed by atoms with E-state index in [-0.39, 0.29) is 17.4 Å². The molecular weight excluding hydrogens is 332 g/mol. The standard InChI is InChI=1S/C17H18O6S/c1-2-22-16(18)13-11-8-10-12(13)17(19)23-14(10)15(11)24(20,21)9-6-4-3-5-7-9/h3-7,10-15H,2,8H2,1H3/t10-,11-,12-,13-,14+,15+/m1/s1. The molecule has 3 aliphatic rings. The maximum absolute atomic E-state index is 13.1. The van der Waals surface area contributed by atoms with Crippen molar-refractivity contribution in [2.45, 2.75) is 29.6 Å². The van der Waals surface area contributed by atoms with Crippen molar-refractivity contribution < 1.29 is 27.5 Å². The molecule has 4 rings (SSSR count). The quantitative estimate of drug-likeness (QED) is 0.759. The van der Waals surface area contributed by atoms with E-state index in [2.05, 4.69) is 0 Å². The largest absolute Gasteiger partial charge is 0.466 e. The van der Waals surface area contributed by atoms with Crippen LogP contribution in [0.3, 0.4) is 0 Å². The van der Waals surface area contributed by atoms with Gasteiger partial charge in [-0.1, -0.05) is 18.2 Å². The highest BCUT2D eigenvalue weighted by atomic mass is 32.2. The third kappa shape index (κ3) is 1.97. The molecule has 2 saturated carbocycles. The molecule has 2 aliphatic carbocycles. The minimum Gasteiger partial charge on any atom is -0.466 e. The molecule has 1 saturated heterocycles. The van der Waals surface area contributed by atoms with Crippen LogP contribution in [0.5, 0.6) is 0 Å². The van der Waals surface area contributed by atoms with Crippen LogP contribution in [0, 0.1) is 23.7 Å². The molecule has 0 N–H and O–H groups in total. The van der Waals surface area contributed by atoms with Gasteiger partial charge in [0.25, 0.3) is 0 Å². The zero-order valence-corrected chi connectivity index (χ0v) is 13.9. The van der Waals surface area contributed by atoms with Gasteiger partial charge in [-0.2, -0.15) is 0 Å². The molecule has 1 heterocycles. The van der Waals surface area contributed by atoms with E-state index in [0.717, 1.165) is 0 Å². The second-order valence-electron chi connectivity index (χ2n) is 6.59. The van der Waals surface area contributed by atoms with Gasteiger partial charge in [0.1, 0.15) is 11.4 Å². The summed E-state index contributed by atoms with van der Waals surface area (Å²) in [7, 11) is -3.69. The minimum atomic E-state index is -3.69. The number of ether oxygens (including phenoxy) is 2. The Bertz CT molecular complexity index is 787. The Hall–Kier alpha value is -1.89. The first kappa shape index (κ1) is 15.6. The first-order valence-corrected chi connectivity index (χ1v) is 9.67. The van der Waals surface area contributed by atoms with Gasteiger partial charge in [0.2, 0.25) is 0 Å². The van der Waals surface area contributed by atoms with Crippen molar-refractivity contribution in [3.05, 3.63) is 30.3 Å². The van der Waals surface area contributed by atoms with Crippen LogP contribution in [0.4, 0.5) is 0 Å². The second-order valence-corrected chi connectivity index (χ2v) is 8.70. The summed E-state index contributed by atoms with van der Waals surface area (Å²) in [4.78, 5) is 24.7. The molecule has 3 fully saturated rings. The Kier molecular flexibility index (Phi) is 3.46. The van der Waals surface area contributed by atoms with Crippen molar-refractivity contribution in [1.29, 1.82) is 0 Å². The molecule has 6 atom stereocenters. The number of benzene rings is 1. The molecule has 7 heteroatoms. The van der Waals surface area contributed by atoms with E-state index in [1.54, 1.807) is 25.1 Å². The van der Waals surface area contributed by atoms with Crippen LogP contribution in [-0.2, 0) is 28.9 Å². The fourth-order valence-electron chi connectivity index (χ4n) is 4.73. The van der Waals surface area contributed by atoms with Gasteiger partial charge in [0, 0.05) is 5.92 Å². The van der Waals surface area contributed by atoms with Crippen molar-refractivity contribution in [3.8, 4) is 0 Å². The Morgan fingerprint density at radius 2 is 1.96 bits per heavy atom. The van der Waals surface area contributed by atoms with Crippen LogP contribution in [0.2, 0.25) is 0 Å². The number of rotatable bonds is 4. The first-order valence-electron chi connectivity index (χ1n) is 8.13. The van der Waals surface area contributed by atoms with Gasteiger partial charge >= 0.3 is 11.9 Å². The molecule has 0 spiro atoms. The molecule has 0 amide bonds. The molecule has 24 heavy (non-hydrogen) atoms. The minimum absolute atomic E-state index is 0.199. The normalized spacial score (nSPS) is 36.6. The maximum Gasteiger partial charge on any atom is 0.310 e. The van der Waals surface area contributed by atoms with E-state index in [1.807, 2.05) is 0 Å². The summed E-state index contributed by atoms with van der Waals surface area (Å²) >= 11 is 0. The van der Waals surface area contributed by atoms with Gasteiger partial charge in [-0.05, 0) is 31.4 Å². The number of fused-ring (bicyclic) bond motifs is 1. The Morgan fingerprint density at radius 3 is 2.62 bits per heavy atom. The average Bonchev–Trinajstić information content (AvgIpc) is 3.17. The van der Waals surface area contributed by atoms with E-state index < -0.39 is 50.9 Å². The lowest BCUT2D eigenvalue weighted by molar-refractivity contribution is -0.155. The molecule has 1 aliphatic heterocycles. The van der Waals surface area contributed by atoms with E-state index >= 15 is 0 Å². The second kappa shape index (κ2) is 5.31. The Morgan fingerprint density at radius 1 is 1.25 bits per heavy atom. The summed E-state index contributed by atoms with van der Waals surface area (Å²) in [5, 5.41) is -0.873. The highest BCUT2D eigenvalue weighted by Crippen LogP contribution is 2.60. The molecule has 0 radical (unpaired) electrons. The van der Waals surface area contributed by atoms with Gasteiger partial charge in [-0.15, -0.1) is 0 Å². The van der Waals surface area contributed by atoms with Crippen molar-refractivity contribution in [1.82, 2.24) is 0 Å². The molecule has 6 nitrogen and oxygen atoms in total. The molecule has 0 aromatic heterocycles. The number of hydrogen-bond donors (Lipinski definition) is 0. The lowest BCUT2D eigenvalue weighted by atomic mass is 9.80. The Balaban J connectivity index is 1.76. The van der Waals surface area contributed by atoms with E-state index in [0.29, 0.717) is 6.42 Å². The van der Waals surface area contributed by atoms with Gasteiger partial charge in [-0.3, -0.25) is 9.59 Å². The maximum atomic E-state index is 13.1. The van der Waals surface area contributed by atoms with Crippen LogP contribution in [-0.4, -0.2) is 38.3 Å². The smallest absolute Gasteiger partial charge is 0.310 e.